The normalized spacial score (nSPS) is 11.9. The number of amides is 1. The molecule has 0 aliphatic rings. The Morgan fingerprint density at radius 1 is 1.80 bits per heavy atom. The summed E-state index contributed by atoms with van der Waals surface area (Å²) in [6.45, 7) is 3.49. The van der Waals surface area contributed by atoms with Gasteiger partial charge in [-0.05, 0) is 12.5 Å². The van der Waals surface area contributed by atoms with Gasteiger partial charge in [0.05, 0.1) is 6.04 Å². The van der Waals surface area contributed by atoms with E-state index in [1.54, 1.807) is 6.08 Å². The highest BCUT2D eigenvalue weighted by Crippen LogP contribution is 2.06. The molecule has 1 amide bonds. The van der Waals surface area contributed by atoms with E-state index in [0.29, 0.717) is 6.42 Å². The molecule has 0 saturated carbocycles. The van der Waals surface area contributed by atoms with Gasteiger partial charge in [0.1, 0.15) is 5.15 Å². The van der Waals surface area contributed by atoms with Gasteiger partial charge >= 0.3 is 0 Å². The minimum atomic E-state index is -0.648. The lowest BCUT2D eigenvalue weighted by molar-refractivity contribution is -0.117. The van der Waals surface area contributed by atoms with E-state index in [9.17, 15) is 4.79 Å². The molecule has 1 rings (SSSR count). The highest BCUT2D eigenvalue weighted by molar-refractivity contribution is 6.29. The maximum atomic E-state index is 11.4. The van der Waals surface area contributed by atoms with Crippen LogP contribution in [0.3, 0.4) is 0 Å². The minimum Gasteiger partial charge on any atom is -0.320 e. The summed E-state index contributed by atoms with van der Waals surface area (Å²) in [5, 5.41) is 2.71. The topological polar surface area (TPSA) is 80.9 Å². The fourth-order valence-corrected chi connectivity index (χ4v) is 1.02. The monoisotopic (exact) mass is 226 g/mol. The molecule has 3 N–H and O–H groups in total. The molecule has 15 heavy (non-hydrogen) atoms. The van der Waals surface area contributed by atoms with Gasteiger partial charge < -0.3 is 5.73 Å². The number of nitrogens with zero attached hydrogens (tertiary/aromatic N) is 2. The number of hydrogen-bond donors (Lipinski definition) is 2. The van der Waals surface area contributed by atoms with Crippen LogP contribution in [-0.2, 0) is 4.79 Å². The molecule has 0 aromatic carbocycles. The molecule has 0 radical (unpaired) electrons. The number of carbonyl (C=O) groups is 1. The summed E-state index contributed by atoms with van der Waals surface area (Å²) in [5.41, 5.74) is 5.54. The Bertz CT molecular complexity index is 369. The van der Waals surface area contributed by atoms with Crippen LogP contribution >= 0.6 is 11.6 Å². The van der Waals surface area contributed by atoms with Crippen molar-refractivity contribution in [3.8, 4) is 0 Å². The molecule has 1 atom stereocenters. The second-order valence-electron chi connectivity index (χ2n) is 2.82. The second-order valence-corrected chi connectivity index (χ2v) is 3.21. The van der Waals surface area contributed by atoms with Crippen molar-refractivity contribution in [2.45, 2.75) is 12.5 Å². The number of nitrogens with two attached hydrogens (primary N) is 1. The summed E-state index contributed by atoms with van der Waals surface area (Å²) < 4.78 is 0. The molecule has 0 saturated heterocycles. The lowest BCUT2D eigenvalue weighted by atomic mass is 10.2. The average molecular weight is 227 g/mol. The summed E-state index contributed by atoms with van der Waals surface area (Å²) in [5.74, 6) is -0.218. The van der Waals surface area contributed by atoms with Crippen molar-refractivity contribution in [3.63, 3.8) is 0 Å². The molecule has 1 aromatic heterocycles. The van der Waals surface area contributed by atoms with Gasteiger partial charge in [-0.1, -0.05) is 17.7 Å². The highest BCUT2D eigenvalue weighted by atomic mass is 35.5. The van der Waals surface area contributed by atoms with E-state index < -0.39 is 6.04 Å². The van der Waals surface area contributed by atoms with Crippen LogP contribution in [0.5, 0.6) is 0 Å². The summed E-state index contributed by atoms with van der Waals surface area (Å²) in [6.07, 6.45) is 3.42. The average Bonchev–Trinajstić information content (AvgIpc) is 2.18. The zero-order valence-electron chi connectivity index (χ0n) is 7.98. The maximum Gasteiger partial charge on any atom is 0.243 e. The molecule has 1 unspecified atom stereocenters. The first-order chi connectivity index (χ1) is 7.13. The Morgan fingerprint density at radius 3 is 3.13 bits per heavy atom. The third kappa shape index (κ3) is 3.65. The predicted octanol–water partition coefficient (Wildman–Crippen LogP) is 0.972. The SMILES string of the molecule is C=CCC(N)C(=O)Nc1nccc(Cl)n1. The predicted molar refractivity (Wildman–Crippen MR) is 58.5 cm³/mol. The van der Waals surface area contributed by atoms with Crippen molar-refractivity contribution < 1.29 is 4.79 Å². The molecule has 80 valence electrons. The van der Waals surface area contributed by atoms with E-state index in [0.717, 1.165) is 0 Å². The van der Waals surface area contributed by atoms with Gasteiger partial charge in [0, 0.05) is 6.20 Å². The van der Waals surface area contributed by atoms with Crippen LogP contribution in [-0.4, -0.2) is 21.9 Å². The zero-order valence-corrected chi connectivity index (χ0v) is 8.74. The number of rotatable bonds is 4. The van der Waals surface area contributed by atoms with Crippen molar-refractivity contribution in [1.29, 1.82) is 0 Å². The van der Waals surface area contributed by atoms with Crippen molar-refractivity contribution in [3.05, 3.63) is 30.1 Å². The van der Waals surface area contributed by atoms with Gasteiger partial charge in [0.15, 0.2) is 0 Å². The lowest BCUT2D eigenvalue weighted by Gasteiger charge is -2.08. The molecule has 5 nitrogen and oxygen atoms in total. The van der Waals surface area contributed by atoms with E-state index in [1.807, 2.05) is 0 Å². The van der Waals surface area contributed by atoms with Crippen LogP contribution in [0.4, 0.5) is 5.95 Å². The fourth-order valence-electron chi connectivity index (χ4n) is 0.886. The van der Waals surface area contributed by atoms with Crippen LogP contribution in [0, 0.1) is 0 Å². The van der Waals surface area contributed by atoms with E-state index in [4.69, 9.17) is 17.3 Å². The first-order valence-electron chi connectivity index (χ1n) is 4.29. The first-order valence-corrected chi connectivity index (χ1v) is 4.67. The molecule has 0 spiro atoms. The van der Waals surface area contributed by atoms with E-state index in [-0.39, 0.29) is 17.0 Å². The van der Waals surface area contributed by atoms with Gasteiger partial charge in [0.2, 0.25) is 11.9 Å². The molecule has 0 fully saturated rings. The van der Waals surface area contributed by atoms with Crippen LogP contribution in [0.15, 0.2) is 24.9 Å². The Hall–Kier alpha value is -1.46. The highest BCUT2D eigenvalue weighted by Gasteiger charge is 2.12. The molecular formula is C9H11ClN4O. The molecule has 1 heterocycles. The number of anilines is 1. The van der Waals surface area contributed by atoms with Crippen LogP contribution in [0.1, 0.15) is 6.42 Å². The number of aromatic nitrogens is 2. The molecule has 1 aromatic rings. The van der Waals surface area contributed by atoms with Crippen LogP contribution in [0.2, 0.25) is 5.15 Å². The van der Waals surface area contributed by atoms with E-state index in [1.165, 1.54) is 12.3 Å². The molecule has 0 aliphatic heterocycles. The quantitative estimate of drug-likeness (QED) is 0.592. The van der Waals surface area contributed by atoms with Gasteiger partial charge in [-0.2, -0.15) is 0 Å². The van der Waals surface area contributed by atoms with Crippen LogP contribution < -0.4 is 11.1 Å². The number of carbonyl (C=O) groups excluding carboxylic acids is 1. The third-order valence-corrected chi connectivity index (χ3v) is 1.82. The smallest absolute Gasteiger partial charge is 0.243 e. The first kappa shape index (κ1) is 11.6. The van der Waals surface area contributed by atoms with E-state index in [2.05, 4.69) is 21.9 Å². The number of nitrogens with one attached hydrogen (secondary N) is 1. The summed E-state index contributed by atoms with van der Waals surface area (Å²) in [6, 6.07) is 0.867. The van der Waals surface area contributed by atoms with E-state index >= 15 is 0 Å². The molecule has 0 bridgehead atoms. The molecular weight excluding hydrogens is 216 g/mol. The summed E-state index contributed by atoms with van der Waals surface area (Å²) in [4.78, 5) is 19.0. The number of hydrogen-bond acceptors (Lipinski definition) is 4. The van der Waals surface area contributed by atoms with Gasteiger partial charge in [-0.25, -0.2) is 9.97 Å². The van der Waals surface area contributed by atoms with Crippen molar-refractivity contribution in [1.82, 2.24) is 9.97 Å². The largest absolute Gasteiger partial charge is 0.320 e. The molecule has 0 aliphatic carbocycles. The third-order valence-electron chi connectivity index (χ3n) is 1.61. The Morgan fingerprint density at radius 2 is 2.53 bits per heavy atom. The maximum absolute atomic E-state index is 11.4. The summed E-state index contributed by atoms with van der Waals surface area (Å²) >= 11 is 5.62. The second kappa shape index (κ2) is 5.43. The standard InChI is InChI=1S/C9H11ClN4O/c1-2-3-6(11)8(15)14-9-12-5-4-7(10)13-9/h2,4-6H,1,3,11H2,(H,12,13,14,15). The minimum absolute atomic E-state index is 0.145. The lowest BCUT2D eigenvalue weighted by Crippen LogP contribution is -2.35. The summed E-state index contributed by atoms with van der Waals surface area (Å²) in [7, 11) is 0. The fraction of sp³-hybridized carbons (Fsp3) is 0.222. The molecule has 6 heteroatoms. The Kier molecular flexibility index (Phi) is 4.20. The number of halogens is 1. The van der Waals surface area contributed by atoms with Crippen molar-refractivity contribution >= 4 is 23.5 Å². The van der Waals surface area contributed by atoms with Crippen molar-refractivity contribution in [2.75, 3.05) is 5.32 Å². The Balaban J connectivity index is 2.62. The van der Waals surface area contributed by atoms with Gasteiger partial charge in [-0.3, -0.25) is 10.1 Å². The van der Waals surface area contributed by atoms with Gasteiger partial charge in [-0.15, -0.1) is 6.58 Å². The van der Waals surface area contributed by atoms with Crippen LogP contribution in [0.25, 0.3) is 0 Å². The zero-order chi connectivity index (χ0) is 11.3. The van der Waals surface area contributed by atoms with Gasteiger partial charge in [0.25, 0.3) is 0 Å². The van der Waals surface area contributed by atoms with Crippen molar-refractivity contribution in [2.24, 2.45) is 5.73 Å². The Labute approximate surface area is 92.4 Å².